The molecule has 2 aromatic carbocycles. The second-order valence-corrected chi connectivity index (χ2v) is 5.47. The molecule has 0 aliphatic rings. The molecular formula is C20H6N4O2. The van der Waals surface area contributed by atoms with Gasteiger partial charge in [-0.3, -0.25) is 0 Å². The molecule has 0 saturated carbocycles. The first-order valence-electron chi connectivity index (χ1n) is 7.44. The van der Waals surface area contributed by atoms with Crippen molar-refractivity contribution in [2.45, 2.75) is 0 Å². The van der Waals surface area contributed by atoms with Gasteiger partial charge in [0.25, 0.3) is 0 Å². The van der Waals surface area contributed by atoms with Crippen molar-refractivity contribution in [1.82, 2.24) is 0 Å². The lowest BCUT2D eigenvalue weighted by molar-refractivity contribution is 0.577. The van der Waals surface area contributed by atoms with Gasteiger partial charge in [-0.05, 0) is 47.2 Å². The number of nitriles is 4. The molecule has 0 bridgehead atoms. The summed E-state index contributed by atoms with van der Waals surface area (Å²) in [4.78, 5) is 0. The third kappa shape index (κ3) is 2.01. The summed E-state index contributed by atoms with van der Waals surface area (Å²) in [6.45, 7) is 0. The Labute approximate surface area is 145 Å². The van der Waals surface area contributed by atoms with Gasteiger partial charge in [-0.2, -0.15) is 21.0 Å². The predicted molar refractivity (Wildman–Crippen MR) is 92.0 cm³/mol. The molecule has 6 heteroatoms. The summed E-state index contributed by atoms with van der Waals surface area (Å²) >= 11 is 0. The van der Waals surface area contributed by atoms with Crippen LogP contribution < -0.4 is 10.8 Å². The Balaban J connectivity index is 2.17. The molecule has 0 radical (unpaired) electrons. The number of fused-ring (bicyclic) bond motifs is 5. The summed E-state index contributed by atoms with van der Waals surface area (Å²) in [6, 6.07) is 17.8. The molecular weight excluding hydrogens is 328 g/mol. The fraction of sp³-hybridized carbons (Fsp3) is 0. The van der Waals surface area contributed by atoms with E-state index in [9.17, 15) is 0 Å². The van der Waals surface area contributed by atoms with Gasteiger partial charge in [0.05, 0.1) is 0 Å². The lowest BCUT2D eigenvalue weighted by Crippen LogP contribution is -1.97. The van der Waals surface area contributed by atoms with Gasteiger partial charge >= 0.3 is 0 Å². The summed E-state index contributed by atoms with van der Waals surface area (Å²) in [5.74, 6) is 0. The smallest absolute Gasteiger partial charge is 0.172 e. The molecule has 0 spiro atoms. The van der Waals surface area contributed by atoms with Crippen molar-refractivity contribution in [3.63, 3.8) is 0 Å². The third-order valence-corrected chi connectivity index (χ3v) is 4.13. The number of nitrogens with zero attached hydrogens (tertiary/aromatic N) is 4. The minimum atomic E-state index is -0.0942. The minimum Gasteiger partial charge on any atom is -0.455 e. The molecule has 0 atom stereocenters. The van der Waals surface area contributed by atoms with Crippen LogP contribution in [-0.4, -0.2) is 0 Å². The number of furan rings is 2. The van der Waals surface area contributed by atoms with E-state index in [4.69, 9.17) is 29.9 Å². The molecule has 26 heavy (non-hydrogen) atoms. The number of benzene rings is 2. The number of hydrogen-bond acceptors (Lipinski definition) is 6. The zero-order chi connectivity index (χ0) is 18.3. The maximum absolute atomic E-state index is 9.02. The van der Waals surface area contributed by atoms with Crippen LogP contribution in [0.15, 0.2) is 45.2 Å². The van der Waals surface area contributed by atoms with Gasteiger partial charge in [-0.1, -0.05) is 0 Å². The van der Waals surface area contributed by atoms with Crippen LogP contribution in [-0.2, 0) is 0 Å². The van der Waals surface area contributed by atoms with E-state index < -0.39 is 0 Å². The van der Waals surface area contributed by atoms with Crippen LogP contribution in [0.1, 0.15) is 0 Å². The lowest BCUT2D eigenvalue weighted by atomic mass is 10.0. The maximum atomic E-state index is 9.02. The van der Waals surface area contributed by atoms with Crippen molar-refractivity contribution in [3.8, 4) is 24.3 Å². The summed E-state index contributed by atoms with van der Waals surface area (Å²) in [5, 5.41) is 39.3. The SMILES string of the molecule is N#CC(C#N)=c1cc2c(ccc3c4cc(=C(C#N)C#N)oc4ccc23)o1. The summed E-state index contributed by atoms with van der Waals surface area (Å²) in [5.41, 5.74) is 1.36. The van der Waals surface area contributed by atoms with Gasteiger partial charge in [0.1, 0.15) is 35.4 Å². The first kappa shape index (κ1) is 15.0. The molecule has 0 fully saturated rings. The highest BCUT2D eigenvalue weighted by molar-refractivity contribution is 6.15. The molecule has 118 valence electrons. The number of rotatable bonds is 0. The van der Waals surface area contributed by atoms with E-state index in [1.165, 1.54) is 0 Å². The van der Waals surface area contributed by atoms with Gasteiger partial charge < -0.3 is 8.83 Å². The molecule has 4 rings (SSSR count). The Morgan fingerprint density at radius 1 is 0.577 bits per heavy atom. The highest BCUT2D eigenvalue weighted by atomic mass is 16.3. The standard InChI is InChI=1S/C20H6N4O2/c21-7-11(8-22)19-5-15-13-1-3-17-16(14(13)2-4-18(15)26-19)6-20(25-17)12(9-23)10-24/h1-6H. The first-order valence-corrected chi connectivity index (χ1v) is 7.44. The van der Waals surface area contributed by atoms with E-state index in [1.54, 1.807) is 24.3 Å². The fourth-order valence-corrected chi connectivity index (χ4v) is 2.96. The third-order valence-electron chi connectivity index (χ3n) is 4.13. The highest BCUT2D eigenvalue weighted by Crippen LogP contribution is 2.30. The monoisotopic (exact) mass is 334 g/mol. The average molecular weight is 334 g/mol. The van der Waals surface area contributed by atoms with Gasteiger partial charge in [0.15, 0.2) is 22.0 Å². The Bertz CT molecular complexity index is 1370. The summed E-state index contributed by atoms with van der Waals surface area (Å²) < 4.78 is 11.2. The Morgan fingerprint density at radius 2 is 0.962 bits per heavy atom. The van der Waals surface area contributed by atoms with Gasteiger partial charge in [-0.15, -0.1) is 0 Å². The predicted octanol–water partition coefficient (Wildman–Crippen LogP) is 2.73. The van der Waals surface area contributed by atoms with Crippen LogP contribution in [0.5, 0.6) is 0 Å². The van der Waals surface area contributed by atoms with E-state index in [0.29, 0.717) is 11.2 Å². The first-order chi connectivity index (χ1) is 12.7. The van der Waals surface area contributed by atoms with E-state index in [2.05, 4.69) is 0 Å². The molecule has 4 aromatic rings. The van der Waals surface area contributed by atoms with Gasteiger partial charge in [0.2, 0.25) is 0 Å². The quantitative estimate of drug-likeness (QED) is 0.487. The zero-order valence-corrected chi connectivity index (χ0v) is 13.1. The summed E-state index contributed by atoms with van der Waals surface area (Å²) in [6.07, 6.45) is 0. The molecule has 0 aliphatic carbocycles. The molecule has 6 nitrogen and oxygen atoms in total. The van der Waals surface area contributed by atoms with Crippen LogP contribution in [0.2, 0.25) is 0 Å². The van der Waals surface area contributed by atoms with Crippen LogP contribution in [0.4, 0.5) is 0 Å². The molecule has 0 N–H and O–H groups in total. The van der Waals surface area contributed by atoms with Crippen molar-refractivity contribution in [2.75, 3.05) is 0 Å². The minimum absolute atomic E-state index is 0.0942. The highest BCUT2D eigenvalue weighted by Gasteiger charge is 2.12. The van der Waals surface area contributed by atoms with E-state index >= 15 is 0 Å². The maximum Gasteiger partial charge on any atom is 0.172 e. The second-order valence-electron chi connectivity index (χ2n) is 5.47. The molecule has 0 saturated heterocycles. The Kier molecular flexibility index (Phi) is 3.20. The van der Waals surface area contributed by atoms with Crippen LogP contribution in [0.3, 0.4) is 0 Å². The van der Waals surface area contributed by atoms with Gasteiger partial charge in [0, 0.05) is 10.8 Å². The normalized spacial score (nSPS) is 10.2. The van der Waals surface area contributed by atoms with Gasteiger partial charge in [-0.25, -0.2) is 0 Å². The van der Waals surface area contributed by atoms with Crippen molar-refractivity contribution < 1.29 is 8.83 Å². The fourth-order valence-electron chi connectivity index (χ4n) is 2.96. The van der Waals surface area contributed by atoms with Crippen LogP contribution in [0, 0.1) is 45.3 Å². The van der Waals surface area contributed by atoms with Crippen molar-refractivity contribution in [2.24, 2.45) is 0 Å². The molecule has 0 aliphatic heterocycles. The number of hydrogen-bond donors (Lipinski definition) is 0. The zero-order valence-electron chi connectivity index (χ0n) is 13.1. The second kappa shape index (κ2) is 5.53. The van der Waals surface area contributed by atoms with Crippen LogP contribution >= 0.6 is 0 Å². The van der Waals surface area contributed by atoms with E-state index in [-0.39, 0.29) is 22.0 Å². The lowest BCUT2D eigenvalue weighted by Gasteiger charge is -1.99. The molecule has 0 amide bonds. The van der Waals surface area contributed by atoms with Crippen LogP contribution in [0.25, 0.3) is 43.9 Å². The van der Waals surface area contributed by atoms with Crippen molar-refractivity contribution >= 4 is 43.9 Å². The average Bonchev–Trinajstić information content (AvgIpc) is 3.27. The van der Waals surface area contributed by atoms with E-state index in [0.717, 1.165) is 21.5 Å². The van der Waals surface area contributed by atoms with Crippen molar-refractivity contribution in [3.05, 3.63) is 47.2 Å². The topological polar surface area (TPSA) is 121 Å². The molecule has 2 aromatic heterocycles. The summed E-state index contributed by atoms with van der Waals surface area (Å²) in [7, 11) is 0. The molecule has 2 heterocycles. The largest absolute Gasteiger partial charge is 0.455 e. The molecule has 0 unspecified atom stereocenters. The van der Waals surface area contributed by atoms with Crippen molar-refractivity contribution in [1.29, 1.82) is 21.0 Å². The Morgan fingerprint density at radius 3 is 1.31 bits per heavy atom. The van der Waals surface area contributed by atoms with E-state index in [1.807, 2.05) is 36.4 Å². The Hall–Kier alpha value is -4.52.